The third-order valence-electron chi connectivity index (χ3n) is 3.22. The minimum atomic E-state index is -0.374. The van der Waals surface area contributed by atoms with Crippen LogP contribution in [0.1, 0.15) is 32.8 Å². The van der Waals surface area contributed by atoms with Gasteiger partial charge in [-0.1, -0.05) is 37.6 Å². The summed E-state index contributed by atoms with van der Waals surface area (Å²) < 4.78 is 0. The number of benzene rings is 1. The average Bonchev–Trinajstić information content (AvgIpc) is 2.34. The molecule has 0 bridgehead atoms. The number of aliphatic hydroxyl groups excluding tert-OH is 1. The summed E-state index contributed by atoms with van der Waals surface area (Å²) in [5, 5.41) is 13.0. The minimum Gasteiger partial charge on any atom is -0.393 e. The summed E-state index contributed by atoms with van der Waals surface area (Å²) >= 11 is 5.93. The number of amides is 2. The van der Waals surface area contributed by atoms with Gasteiger partial charge in [0.25, 0.3) is 0 Å². The van der Waals surface area contributed by atoms with Crippen molar-refractivity contribution >= 4 is 17.6 Å². The fraction of sp³-hybridized carbons (Fsp3) is 0.562. The first-order chi connectivity index (χ1) is 9.69. The molecule has 1 unspecified atom stereocenters. The fourth-order valence-corrected chi connectivity index (χ4v) is 2.52. The lowest BCUT2D eigenvalue weighted by Crippen LogP contribution is -2.42. The van der Waals surface area contributed by atoms with E-state index < -0.39 is 0 Å². The van der Waals surface area contributed by atoms with Crippen molar-refractivity contribution in [3.8, 4) is 0 Å². The molecule has 2 N–H and O–H groups in total. The Labute approximate surface area is 132 Å². The number of nitrogens with one attached hydrogen (secondary N) is 1. The molecule has 1 aromatic carbocycles. The molecule has 0 aliphatic heterocycles. The van der Waals surface area contributed by atoms with Crippen LogP contribution < -0.4 is 5.32 Å². The van der Waals surface area contributed by atoms with Crippen molar-refractivity contribution in [1.29, 1.82) is 0 Å². The number of aliphatic hydroxyl groups is 1. The Morgan fingerprint density at radius 3 is 2.71 bits per heavy atom. The Morgan fingerprint density at radius 1 is 1.48 bits per heavy atom. The molecular formula is C16H25ClN2O2. The summed E-state index contributed by atoms with van der Waals surface area (Å²) in [7, 11) is 1.75. The number of hydrogen-bond donors (Lipinski definition) is 2. The molecule has 5 heteroatoms. The average molecular weight is 313 g/mol. The van der Waals surface area contributed by atoms with Crippen LogP contribution in [0.5, 0.6) is 0 Å². The van der Waals surface area contributed by atoms with Gasteiger partial charge in [-0.15, -0.1) is 0 Å². The first-order valence-electron chi connectivity index (χ1n) is 7.11. The van der Waals surface area contributed by atoms with Crippen LogP contribution in [0.15, 0.2) is 24.3 Å². The zero-order valence-electron chi connectivity index (χ0n) is 13.2. The Hall–Kier alpha value is -1.26. The van der Waals surface area contributed by atoms with E-state index in [9.17, 15) is 9.90 Å². The highest BCUT2D eigenvalue weighted by molar-refractivity contribution is 6.30. The highest BCUT2D eigenvalue weighted by Crippen LogP contribution is 2.21. The molecule has 0 radical (unpaired) electrons. The molecule has 0 aliphatic rings. The van der Waals surface area contributed by atoms with Crippen molar-refractivity contribution < 1.29 is 9.90 Å². The smallest absolute Gasteiger partial charge is 0.317 e. The molecule has 0 aliphatic carbocycles. The fourth-order valence-electron chi connectivity index (χ4n) is 2.30. The van der Waals surface area contributed by atoms with Gasteiger partial charge >= 0.3 is 6.03 Å². The first-order valence-corrected chi connectivity index (χ1v) is 7.49. The molecule has 0 saturated carbocycles. The van der Waals surface area contributed by atoms with E-state index >= 15 is 0 Å². The highest BCUT2D eigenvalue weighted by Gasteiger charge is 2.21. The van der Waals surface area contributed by atoms with Crippen molar-refractivity contribution in [2.45, 2.75) is 39.8 Å². The van der Waals surface area contributed by atoms with Crippen LogP contribution in [0, 0.1) is 5.41 Å². The summed E-state index contributed by atoms with van der Waals surface area (Å²) in [6.45, 7) is 6.84. The van der Waals surface area contributed by atoms with Crippen molar-refractivity contribution in [2.75, 3.05) is 13.6 Å². The molecule has 2 amide bonds. The zero-order chi connectivity index (χ0) is 16.0. The van der Waals surface area contributed by atoms with Crippen LogP contribution in [0.4, 0.5) is 4.79 Å². The maximum atomic E-state index is 12.1. The molecule has 0 aromatic heterocycles. The molecule has 0 fully saturated rings. The van der Waals surface area contributed by atoms with Crippen molar-refractivity contribution in [1.82, 2.24) is 10.2 Å². The second-order valence-electron chi connectivity index (χ2n) is 6.36. The lowest BCUT2D eigenvalue weighted by molar-refractivity contribution is 0.127. The number of carbonyl (C=O) groups is 1. The lowest BCUT2D eigenvalue weighted by Gasteiger charge is -2.28. The molecule has 21 heavy (non-hydrogen) atoms. The number of nitrogens with zero attached hydrogens (tertiary/aromatic N) is 1. The van der Waals surface area contributed by atoms with E-state index in [1.807, 2.05) is 38.1 Å². The van der Waals surface area contributed by atoms with Gasteiger partial charge in [0, 0.05) is 25.2 Å². The predicted molar refractivity (Wildman–Crippen MR) is 86.4 cm³/mol. The topological polar surface area (TPSA) is 52.6 Å². The van der Waals surface area contributed by atoms with Gasteiger partial charge in [-0.2, -0.15) is 0 Å². The summed E-state index contributed by atoms with van der Waals surface area (Å²) in [6.07, 6.45) is 0.270. The van der Waals surface area contributed by atoms with Crippen molar-refractivity contribution in [2.24, 2.45) is 5.41 Å². The van der Waals surface area contributed by atoms with Gasteiger partial charge in [0.2, 0.25) is 0 Å². The third-order valence-corrected chi connectivity index (χ3v) is 3.46. The van der Waals surface area contributed by atoms with Crippen LogP contribution >= 0.6 is 11.6 Å². The number of urea groups is 1. The van der Waals surface area contributed by atoms with E-state index in [0.717, 1.165) is 5.56 Å². The molecule has 0 spiro atoms. The quantitative estimate of drug-likeness (QED) is 0.847. The Morgan fingerprint density at radius 2 is 2.14 bits per heavy atom. The van der Waals surface area contributed by atoms with Gasteiger partial charge in [-0.3, -0.25) is 0 Å². The second-order valence-corrected chi connectivity index (χ2v) is 6.80. The first kappa shape index (κ1) is 17.8. The van der Waals surface area contributed by atoms with Crippen LogP contribution in [-0.4, -0.2) is 35.7 Å². The van der Waals surface area contributed by atoms with Crippen LogP contribution in [0.2, 0.25) is 5.02 Å². The van der Waals surface area contributed by atoms with Gasteiger partial charge in [-0.05, 0) is 36.5 Å². The summed E-state index contributed by atoms with van der Waals surface area (Å²) in [6, 6.07) is 7.34. The molecule has 0 saturated heterocycles. The molecule has 1 atom stereocenters. The van der Waals surface area contributed by atoms with Crippen molar-refractivity contribution in [3.63, 3.8) is 0 Å². The van der Waals surface area contributed by atoms with Crippen LogP contribution in [0.3, 0.4) is 0 Å². The molecular weight excluding hydrogens is 288 g/mol. The number of halogens is 1. The van der Waals surface area contributed by atoms with E-state index in [0.29, 0.717) is 24.5 Å². The number of rotatable bonds is 6. The van der Waals surface area contributed by atoms with Crippen LogP contribution in [0.25, 0.3) is 0 Å². The molecule has 118 valence electrons. The van der Waals surface area contributed by atoms with E-state index in [2.05, 4.69) is 5.32 Å². The van der Waals surface area contributed by atoms with Gasteiger partial charge in [0.05, 0.1) is 6.10 Å². The van der Waals surface area contributed by atoms with E-state index in [1.54, 1.807) is 18.9 Å². The Kier molecular flexibility index (Phi) is 6.49. The Balaban J connectivity index is 2.48. The largest absolute Gasteiger partial charge is 0.393 e. The molecule has 0 heterocycles. The highest BCUT2D eigenvalue weighted by atomic mass is 35.5. The van der Waals surface area contributed by atoms with Gasteiger partial charge in [-0.25, -0.2) is 4.79 Å². The zero-order valence-corrected chi connectivity index (χ0v) is 13.9. The second kappa shape index (κ2) is 7.66. The van der Waals surface area contributed by atoms with Crippen molar-refractivity contribution in [3.05, 3.63) is 34.9 Å². The lowest BCUT2D eigenvalue weighted by atomic mass is 9.87. The van der Waals surface area contributed by atoms with Crippen LogP contribution in [-0.2, 0) is 6.54 Å². The molecule has 1 aromatic rings. The monoisotopic (exact) mass is 312 g/mol. The normalized spacial score (nSPS) is 12.9. The van der Waals surface area contributed by atoms with E-state index in [-0.39, 0.29) is 17.6 Å². The van der Waals surface area contributed by atoms with E-state index in [4.69, 9.17) is 11.6 Å². The number of hydrogen-bond acceptors (Lipinski definition) is 2. The molecule has 1 rings (SSSR count). The third kappa shape index (κ3) is 6.82. The summed E-state index contributed by atoms with van der Waals surface area (Å²) in [5.41, 5.74) is 0.851. The standard InChI is InChI=1S/C16H25ClN2O2/c1-12(20)9-16(2,3)11-18-15(21)19(4)10-13-6-5-7-14(17)8-13/h5-8,12,20H,9-11H2,1-4H3,(H,18,21). The van der Waals surface area contributed by atoms with E-state index in [1.165, 1.54) is 0 Å². The van der Waals surface area contributed by atoms with Gasteiger partial charge in [0.1, 0.15) is 0 Å². The number of carbonyl (C=O) groups excluding carboxylic acids is 1. The van der Waals surface area contributed by atoms with Gasteiger partial charge in [0.15, 0.2) is 0 Å². The molecule has 4 nitrogen and oxygen atoms in total. The maximum Gasteiger partial charge on any atom is 0.317 e. The predicted octanol–water partition coefficient (Wildman–Crippen LogP) is 3.28. The summed E-state index contributed by atoms with van der Waals surface area (Å²) in [4.78, 5) is 13.7. The Bertz CT molecular complexity index is 475. The minimum absolute atomic E-state index is 0.131. The summed E-state index contributed by atoms with van der Waals surface area (Å²) in [5.74, 6) is 0. The maximum absolute atomic E-state index is 12.1. The van der Waals surface area contributed by atoms with Gasteiger partial charge < -0.3 is 15.3 Å². The SMILES string of the molecule is CC(O)CC(C)(C)CNC(=O)N(C)Cc1cccc(Cl)c1.